The number of H-pyrrole nitrogens is 2. The molecule has 0 bridgehead atoms. The van der Waals surface area contributed by atoms with Gasteiger partial charge in [-0.3, -0.25) is 10.2 Å². The van der Waals surface area contributed by atoms with Gasteiger partial charge in [0, 0.05) is 22.3 Å². The van der Waals surface area contributed by atoms with Crippen molar-refractivity contribution in [1.82, 2.24) is 20.4 Å². The molecule has 2 aromatic heterocycles. The van der Waals surface area contributed by atoms with Crippen LogP contribution in [-0.4, -0.2) is 20.4 Å². The molecular weight excluding hydrogens is 285 g/mol. The van der Waals surface area contributed by atoms with Crippen LogP contribution in [-0.2, 0) is 0 Å². The Morgan fingerprint density at radius 2 is 2.05 bits per heavy atom. The van der Waals surface area contributed by atoms with Crippen molar-refractivity contribution in [1.29, 1.82) is 0 Å². The molecule has 19 heavy (non-hydrogen) atoms. The van der Waals surface area contributed by atoms with E-state index in [4.69, 9.17) is 28.9 Å². The summed E-state index contributed by atoms with van der Waals surface area (Å²) in [5.74, 6) is 0.375. The average molecular weight is 294 g/mol. The summed E-state index contributed by atoms with van der Waals surface area (Å²) < 4.78 is 0. The summed E-state index contributed by atoms with van der Waals surface area (Å²) in [6.07, 6.45) is 3.43. The third kappa shape index (κ3) is 2.07. The zero-order valence-electron chi connectivity index (χ0n) is 9.61. The van der Waals surface area contributed by atoms with Crippen LogP contribution in [0.4, 0.5) is 5.82 Å². The maximum Gasteiger partial charge on any atom is 0.153 e. The molecule has 7 heteroatoms. The van der Waals surface area contributed by atoms with Gasteiger partial charge in [-0.15, -0.1) is 0 Å². The van der Waals surface area contributed by atoms with Gasteiger partial charge in [-0.05, 0) is 12.1 Å². The monoisotopic (exact) mass is 293 g/mol. The molecule has 0 saturated heterocycles. The number of aromatic nitrogens is 4. The summed E-state index contributed by atoms with van der Waals surface area (Å²) in [7, 11) is 0. The van der Waals surface area contributed by atoms with Gasteiger partial charge in [0.15, 0.2) is 5.82 Å². The highest BCUT2D eigenvalue weighted by Gasteiger charge is 2.17. The lowest BCUT2D eigenvalue weighted by molar-refractivity contribution is 1.09. The van der Waals surface area contributed by atoms with Crippen LogP contribution in [0.2, 0.25) is 10.0 Å². The average Bonchev–Trinajstić information content (AvgIpc) is 2.99. The number of halogens is 2. The maximum absolute atomic E-state index is 6.22. The standard InChI is InChI=1S/C12H9Cl2N5/c13-7-1-2-8(9(14)3-7)10-11(18-19-12(10)15)6-4-16-17-5-6/h1-5H,(H,16,17)(H3,15,18,19). The van der Waals surface area contributed by atoms with E-state index in [9.17, 15) is 0 Å². The van der Waals surface area contributed by atoms with E-state index >= 15 is 0 Å². The molecule has 0 radical (unpaired) electrons. The van der Waals surface area contributed by atoms with Gasteiger partial charge < -0.3 is 5.73 Å². The van der Waals surface area contributed by atoms with E-state index in [0.29, 0.717) is 15.9 Å². The van der Waals surface area contributed by atoms with Crippen molar-refractivity contribution in [2.45, 2.75) is 0 Å². The number of nitrogens with one attached hydrogen (secondary N) is 2. The van der Waals surface area contributed by atoms with Crippen LogP contribution in [0.5, 0.6) is 0 Å². The zero-order chi connectivity index (χ0) is 13.4. The first kappa shape index (κ1) is 12.1. The summed E-state index contributed by atoms with van der Waals surface area (Å²) in [5, 5.41) is 14.7. The Morgan fingerprint density at radius 3 is 2.74 bits per heavy atom. The van der Waals surface area contributed by atoms with Gasteiger partial charge in [-0.2, -0.15) is 10.2 Å². The molecular formula is C12H9Cl2N5. The highest BCUT2D eigenvalue weighted by molar-refractivity contribution is 6.36. The van der Waals surface area contributed by atoms with Gasteiger partial charge in [0.2, 0.25) is 0 Å². The van der Waals surface area contributed by atoms with Crippen LogP contribution in [0.15, 0.2) is 30.6 Å². The van der Waals surface area contributed by atoms with E-state index in [0.717, 1.165) is 22.4 Å². The predicted molar refractivity (Wildman–Crippen MR) is 76.0 cm³/mol. The summed E-state index contributed by atoms with van der Waals surface area (Å²) in [6, 6.07) is 5.24. The van der Waals surface area contributed by atoms with Gasteiger partial charge in [0.25, 0.3) is 0 Å². The summed E-state index contributed by atoms with van der Waals surface area (Å²) >= 11 is 12.1. The molecule has 0 saturated carbocycles. The molecule has 3 rings (SSSR count). The highest BCUT2D eigenvalue weighted by atomic mass is 35.5. The fraction of sp³-hybridized carbons (Fsp3) is 0. The summed E-state index contributed by atoms with van der Waals surface area (Å²) in [6.45, 7) is 0. The lowest BCUT2D eigenvalue weighted by Crippen LogP contribution is -1.89. The third-order valence-electron chi connectivity index (χ3n) is 2.78. The molecule has 3 aromatic rings. The molecule has 96 valence electrons. The maximum atomic E-state index is 6.22. The Labute approximate surface area is 118 Å². The number of rotatable bonds is 2. The van der Waals surface area contributed by atoms with Crippen molar-refractivity contribution < 1.29 is 0 Å². The van der Waals surface area contributed by atoms with Crippen LogP contribution >= 0.6 is 23.2 Å². The predicted octanol–water partition coefficient (Wildman–Crippen LogP) is 3.36. The zero-order valence-corrected chi connectivity index (χ0v) is 11.1. The Morgan fingerprint density at radius 1 is 1.21 bits per heavy atom. The molecule has 0 unspecified atom stereocenters. The Bertz CT molecular complexity index is 718. The lowest BCUT2D eigenvalue weighted by Gasteiger charge is -2.06. The molecule has 0 spiro atoms. The summed E-state index contributed by atoms with van der Waals surface area (Å²) in [4.78, 5) is 0. The fourth-order valence-electron chi connectivity index (χ4n) is 1.92. The largest absolute Gasteiger partial charge is 0.382 e. The first-order chi connectivity index (χ1) is 9.16. The second-order valence-electron chi connectivity index (χ2n) is 3.97. The molecule has 1 aromatic carbocycles. The number of aromatic amines is 2. The van der Waals surface area contributed by atoms with Crippen LogP contribution in [0.1, 0.15) is 0 Å². The Kier molecular flexibility index (Phi) is 2.93. The van der Waals surface area contributed by atoms with Crippen molar-refractivity contribution in [2.24, 2.45) is 0 Å². The second kappa shape index (κ2) is 4.60. The number of nitrogens with zero attached hydrogens (tertiary/aromatic N) is 2. The SMILES string of the molecule is Nc1n[nH]c(-c2cn[nH]c2)c1-c1ccc(Cl)cc1Cl. The first-order valence-electron chi connectivity index (χ1n) is 5.45. The minimum Gasteiger partial charge on any atom is -0.382 e. The summed E-state index contributed by atoms with van der Waals surface area (Å²) in [5.41, 5.74) is 9.04. The molecule has 5 nitrogen and oxygen atoms in total. The molecule has 0 aliphatic heterocycles. The van der Waals surface area contributed by atoms with E-state index in [-0.39, 0.29) is 0 Å². The van der Waals surface area contributed by atoms with Crippen LogP contribution in [0.25, 0.3) is 22.4 Å². The van der Waals surface area contributed by atoms with Gasteiger partial charge in [0.05, 0.1) is 22.5 Å². The van der Waals surface area contributed by atoms with Crippen molar-refractivity contribution in [3.8, 4) is 22.4 Å². The van der Waals surface area contributed by atoms with E-state index in [1.165, 1.54) is 0 Å². The van der Waals surface area contributed by atoms with E-state index in [2.05, 4.69) is 20.4 Å². The van der Waals surface area contributed by atoms with Crippen LogP contribution in [0.3, 0.4) is 0 Å². The normalized spacial score (nSPS) is 10.8. The quantitative estimate of drug-likeness (QED) is 0.677. The fourth-order valence-corrected chi connectivity index (χ4v) is 2.42. The van der Waals surface area contributed by atoms with Gasteiger partial charge in [-0.1, -0.05) is 29.3 Å². The molecule has 2 heterocycles. The first-order valence-corrected chi connectivity index (χ1v) is 6.21. The minimum absolute atomic E-state index is 0.375. The van der Waals surface area contributed by atoms with Crippen molar-refractivity contribution in [2.75, 3.05) is 5.73 Å². The van der Waals surface area contributed by atoms with Crippen molar-refractivity contribution >= 4 is 29.0 Å². The van der Waals surface area contributed by atoms with E-state index in [1.807, 2.05) is 6.07 Å². The van der Waals surface area contributed by atoms with E-state index in [1.54, 1.807) is 24.5 Å². The number of nitrogen functional groups attached to an aromatic ring is 1. The van der Waals surface area contributed by atoms with Crippen molar-refractivity contribution in [3.63, 3.8) is 0 Å². The molecule has 0 aliphatic rings. The molecule has 0 atom stereocenters. The second-order valence-corrected chi connectivity index (χ2v) is 4.81. The smallest absolute Gasteiger partial charge is 0.153 e. The Balaban J connectivity index is 2.22. The molecule has 0 aliphatic carbocycles. The van der Waals surface area contributed by atoms with Crippen LogP contribution < -0.4 is 5.73 Å². The third-order valence-corrected chi connectivity index (χ3v) is 3.33. The number of hydrogen-bond acceptors (Lipinski definition) is 3. The molecule has 0 fully saturated rings. The minimum atomic E-state index is 0.375. The highest BCUT2D eigenvalue weighted by Crippen LogP contribution is 2.38. The van der Waals surface area contributed by atoms with Crippen molar-refractivity contribution in [3.05, 3.63) is 40.6 Å². The topological polar surface area (TPSA) is 83.4 Å². The number of hydrogen-bond donors (Lipinski definition) is 3. The number of nitrogens with two attached hydrogens (primary N) is 1. The van der Waals surface area contributed by atoms with Crippen LogP contribution in [0, 0.1) is 0 Å². The molecule has 0 amide bonds. The Hall–Kier alpha value is -1.98. The van der Waals surface area contributed by atoms with Gasteiger partial charge in [0.1, 0.15) is 0 Å². The number of benzene rings is 1. The lowest BCUT2D eigenvalue weighted by atomic mass is 10.0. The van der Waals surface area contributed by atoms with Gasteiger partial charge >= 0.3 is 0 Å². The van der Waals surface area contributed by atoms with Gasteiger partial charge in [-0.25, -0.2) is 0 Å². The molecule has 4 N–H and O–H groups in total. The number of anilines is 1. The van der Waals surface area contributed by atoms with E-state index < -0.39 is 0 Å².